The number of nitrogens with zero attached hydrogens (tertiary/aromatic N) is 2. The molecule has 0 aromatic carbocycles. The highest BCUT2D eigenvalue weighted by atomic mass is 35.5. The summed E-state index contributed by atoms with van der Waals surface area (Å²) in [6.07, 6.45) is 4.08. The smallest absolute Gasteiger partial charge is 0.243 e. The highest BCUT2D eigenvalue weighted by Crippen LogP contribution is 2.29. The van der Waals surface area contributed by atoms with E-state index in [0.29, 0.717) is 19.8 Å². The van der Waals surface area contributed by atoms with Crippen molar-refractivity contribution >= 4 is 21.6 Å². The second-order valence-electron chi connectivity index (χ2n) is 4.94. The van der Waals surface area contributed by atoms with Gasteiger partial charge >= 0.3 is 0 Å². The summed E-state index contributed by atoms with van der Waals surface area (Å²) in [6.45, 7) is 3.77. The largest absolute Gasteiger partial charge is 0.381 e. The van der Waals surface area contributed by atoms with Crippen molar-refractivity contribution in [3.05, 3.63) is 17.7 Å². The molecule has 0 amide bonds. The fourth-order valence-electron chi connectivity index (χ4n) is 1.83. The molecule has 1 aliphatic rings. The van der Waals surface area contributed by atoms with E-state index in [4.69, 9.17) is 16.3 Å². The molecule has 2 rings (SSSR count). The van der Waals surface area contributed by atoms with Gasteiger partial charge in [-0.05, 0) is 29.9 Å². The van der Waals surface area contributed by atoms with Crippen LogP contribution in [-0.4, -0.2) is 38.1 Å². The van der Waals surface area contributed by atoms with Gasteiger partial charge in [0, 0.05) is 19.8 Å². The number of sulfonamides is 1. The molecule has 0 saturated carbocycles. The molecule has 1 fully saturated rings. The monoisotopic (exact) mass is 305 g/mol. The zero-order valence-corrected chi connectivity index (χ0v) is 12.2. The first-order valence-corrected chi connectivity index (χ1v) is 7.82. The standard InChI is InChI=1S/C11H16ClN3O3S/c1-11(2-4-18-5-3-11)8-15-19(16,17)9-6-13-10(12)14-7-9/h6-7,15H,2-5,8H2,1H3. The molecule has 0 radical (unpaired) electrons. The van der Waals surface area contributed by atoms with E-state index in [1.54, 1.807) is 0 Å². The number of rotatable bonds is 4. The van der Waals surface area contributed by atoms with Crippen LogP contribution in [0.2, 0.25) is 5.28 Å². The quantitative estimate of drug-likeness (QED) is 0.846. The SMILES string of the molecule is CC1(CNS(=O)(=O)c2cnc(Cl)nc2)CCOCC1. The average Bonchev–Trinajstić information content (AvgIpc) is 2.38. The molecule has 0 aliphatic carbocycles. The van der Waals surface area contributed by atoms with Crippen LogP contribution in [0.25, 0.3) is 0 Å². The molecule has 1 N–H and O–H groups in total. The Kier molecular flexibility index (Phi) is 4.39. The first-order chi connectivity index (χ1) is 8.91. The van der Waals surface area contributed by atoms with Crippen LogP contribution in [-0.2, 0) is 14.8 Å². The van der Waals surface area contributed by atoms with E-state index in [0.717, 1.165) is 12.8 Å². The topological polar surface area (TPSA) is 81.2 Å². The molecule has 0 atom stereocenters. The maximum Gasteiger partial charge on any atom is 0.243 e. The molecule has 1 aromatic heterocycles. The van der Waals surface area contributed by atoms with E-state index >= 15 is 0 Å². The highest BCUT2D eigenvalue weighted by molar-refractivity contribution is 7.89. The summed E-state index contributed by atoms with van der Waals surface area (Å²) in [6, 6.07) is 0. The summed E-state index contributed by atoms with van der Waals surface area (Å²) in [5, 5.41) is 0.0235. The van der Waals surface area contributed by atoms with Gasteiger partial charge < -0.3 is 4.74 Å². The van der Waals surface area contributed by atoms with Gasteiger partial charge in [-0.15, -0.1) is 0 Å². The third-order valence-electron chi connectivity index (χ3n) is 3.30. The zero-order valence-electron chi connectivity index (χ0n) is 10.6. The second-order valence-corrected chi connectivity index (χ2v) is 7.04. The minimum atomic E-state index is -3.59. The minimum Gasteiger partial charge on any atom is -0.381 e. The van der Waals surface area contributed by atoms with Gasteiger partial charge in [-0.25, -0.2) is 23.1 Å². The Bertz CT molecular complexity index is 527. The lowest BCUT2D eigenvalue weighted by Gasteiger charge is -2.33. The lowest BCUT2D eigenvalue weighted by Crippen LogP contribution is -2.39. The summed E-state index contributed by atoms with van der Waals surface area (Å²) in [7, 11) is -3.59. The number of halogens is 1. The molecular formula is C11H16ClN3O3S. The van der Waals surface area contributed by atoms with Crippen LogP contribution in [0.1, 0.15) is 19.8 Å². The lowest BCUT2D eigenvalue weighted by atomic mass is 9.83. The summed E-state index contributed by atoms with van der Waals surface area (Å²) >= 11 is 5.53. The maximum absolute atomic E-state index is 12.1. The van der Waals surface area contributed by atoms with Gasteiger partial charge in [-0.2, -0.15) is 0 Å². The first-order valence-electron chi connectivity index (χ1n) is 5.96. The van der Waals surface area contributed by atoms with E-state index in [-0.39, 0.29) is 15.6 Å². The van der Waals surface area contributed by atoms with E-state index in [1.165, 1.54) is 12.4 Å². The summed E-state index contributed by atoms with van der Waals surface area (Å²) in [5.74, 6) is 0. The Hall–Kier alpha value is -0.760. The zero-order chi connectivity index (χ0) is 13.9. The van der Waals surface area contributed by atoms with Gasteiger partial charge in [0.1, 0.15) is 4.90 Å². The van der Waals surface area contributed by atoms with Gasteiger partial charge in [-0.1, -0.05) is 6.92 Å². The summed E-state index contributed by atoms with van der Waals surface area (Å²) in [4.78, 5) is 7.37. The van der Waals surface area contributed by atoms with Crippen molar-refractivity contribution < 1.29 is 13.2 Å². The van der Waals surface area contributed by atoms with E-state index in [9.17, 15) is 8.42 Å². The fourth-order valence-corrected chi connectivity index (χ4v) is 3.02. The number of nitrogens with one attached hydrogen (secondary N) is 1. The van der Waals surface area contributed by atoms with Gasteiger partial charge in [0.15, 0.2) is 0 Å². The van der Waals surface area contributed by atoms with E-state index in [2.05, 4.69) is 21.6 Å². The van der Waals surface area contributed by atoms with Crippen LogP contribution >= 0.6 is 11.6 Å². The normalized spacial score (nSPS) is 19.3. The molecule has 0 spiro atoms. The molecule has 1 aliphatic heterocycles. The highest BCUT2D eigenvalue weighted by Gasteiger charge is 2.29. The second kappa shape index (κ2) is 5.70. The first kappa shape index (κ1) is 14.6. The van der Waals surface area contributed by atoms with Crippen molar-refractivity contribution in [3.63, 3.8) is 0 Å². The van der Waals surface area contributed by atoms with Crippen molar-refractivity contribution in [2.45, 2.75) is 24.7 Å². The Morgan fingerprint density at radius 2 is 1.95 bits per heavy atom. The molecule has 1 saturated heterocycles. The fraction of sp³-hybridized carbons (Fsp3) is 0.636. The summed E-state index contributed by atoms with van der Waals surface area (Å²) < 4.78 is 32.0. The molecule has 106 valence electrons. The van der Waals surface area contributed by atoms with Crippen LogP contribution in [0, 0.1) is 5.41 Å². The van der Waals surface area contributed by atoms with Crippen LogP contribution < -0.4 is 4.72 Å². The van der Waals surface area contributed by atoms with Crippen molar-refractivity contribution in [2.24, 2.45) is 5.41 Å². The van der Waals surface area contributed by atoms with Gasteiger partial charge in [0.05, 0.1) is 12.4 Å². The lowest BCUT2D eigenvalue weighted by molar-refractivity contribution is 0.0264. The number of aromatic nitrogens is 2. The molecule has 2 heterocycles. The average molecular weight is 306 g/mol. The molecule has 0 bridgehead atoms. The van der Waals surface area contributed by atoms with Gasteiger partial charge in [0.2, 0.25) is 15.3 Å². The van der Waals surface area contributed by atoms with Crippen LogP contribution in [0.5, 0.6) is 0 Å². The van der Waals surface area contributed by atoms with Crippen LogP contribution in [0.4, 0.5) is 0 Å². The third-order valence-corrected chi connectivity index (χ3v) is 4.85. The predicted octanol–water partition coefficient (Wildman–Crippen LogP) is 1.22. The van der Waals surface area contributed by atoms with Crippen molar-refractivity contribution in [3.8, 4) is 0 Å². The van der Waals surface area contributed by atoms with E-state index < -0.39 is 10.0 Å². The Labute approximate surface area is 117 Å². The molecule has 0 unspecified atom stereocenters. The number of hydrogen-bond donors (Lipinski definition) is 1. The Morgan fingerprint density at radius 1 is 1.37 bits per heavy atom. The van der Waals surface area contributed by atoms with E-state index in [1.807, 2.05) is 0 Å². The van der Waals surface area contributed by atoms with Crippen molar-refractivity contribution in [1.82, 2.24) is 14.7 Å². The molecule has 6 nitrogen and oxygen atoms in total. The van der Waals surface area contributed by atoms with Crippen molar-refractivity contribution in [1.29, 1.82) is 0 Å². The number of hydrogen-bond acceptors (Lipinski definition) is 5. The van der Waals surface area contributed by atoms with Gasteiger partial charge in [-0.3, -0.25) is 0 Å². The molecule has 19 heavy (non-hydrogen) atoms. The molecule has 1 aromatic rings. The van der Waals surface area contributed by atoms with Crippen LogP contribution in [0.15, 0.2) is 17.3 Å². The Morgan fingerprint density at radius 3 is 2.53 bits per heavy atom. The molecular weight excluding hydrogens is 290 g/mol. The number of ether oxygens (including phenoxy) is 1. The van der Waals surface area contributed by atoms with Crippen LogP contribution in [0.3, 0.4) is 0 Å². The maximum atomic E-state index is 12.1. The third kappa shape index (κ3) is 3.85. The van der Waals surface area contributed by atoms with Gasteiger partial charge in [0.25, 0.3) is 0 Å². The minimum absolute atomic E-state index is 0.0209. The molecule has 8 heteroatoms. The Balaban J connectivity index is 2.03. The van der Waals surface area contributed by atoms with Crippen molar-refractivity contribution in [2.75, 3.05) is 19.8 Å². The summed E-state index contributed by atoms with van der Waals surface area (Å²) in [5.41, 5.74) is -0.0708. The predicted molar refractivity (Wildman–Crippen MR) is 70.4 cm³/mol.